The van der Waals surface area contributed by atoms with E-state index in [2.05, 4.69) is 21.3 Å². The van der Waals surface area contributed by atoms with Gasteiger partial charge in [0.15, 0.2) is 5.13 Å². The zero-order chi connectivity index (χ0) is 15.6. The molecule has 6 heteroatoms. The summed E-state index contributed by atoms with van der Waals surface area (Å²) >= 11 is 1.59. The standard InChI is InChI=1S/C17H19N3O2S/c21-16(14-5-3-8-20(14)17-18-7-9-23-17)19-11-13-10-12-4-1-2-6-15(12)22-13/h1-2,4,6-7,9,13-14H,3,5,8,10-11H2,(H,19,21)/t13-,14+/m0/s1. The number of carbonyl (C=O) groups is 1. The normalized spacial score (nSPS) is 22.7. The minimum Gasteiger partial charge on any atom is -0.488 e. The number of hydrogen-bond acceptors (Lipinski definition) is 5. The molecule has 1 fully saturated rings. The molecular weight excluding hydrogens is 310 g/mol. The van der Waals surface area contributed by atoms with Gasteiger partial charge in [0.2, 0.25) is 5.91 Å². The van der Waals surface area contributed by atoms with Crippen LogP contribution in [0.4, 0.5) is 5.13 Å². The highest BCUT2D eigenvalue weighted by Gasteiger charge is 2.33. The Balaban J connectivity index is 1.34. The van der Waals surface area contributed by atoms with Gasteiger partial charge < -0.3 is 15.0 Å². The van der Waals surface area contributed by atoms with E-state index >= 15 is 0 Å². The van der Waals surface area contributed by atoms with Gasteiger partial charge in [-0.1, -0.05) is 18.2 Å². The number of anilines is 1. The van der Waals surface area contributed by atoms with E-state index in [1.165, 1.54) is 5.56 Å². The van der Waals surface area contributed by atoms with Gasteiger partial charge in [0.25, 0.3) is 0 Å². The summed E-state index contributed by atoms with van der Waals surface area (Å²) in [6.07, 6.45) is 4.60. The number of thiazole rings is 1. The lowest BCUT2D eigenvalue weighted by atomic mass is 10.1. The lowest BCUT2D eigenvalue weighted by Gasteiger charge is -2.23. The Kier molecular flexibility index (Phi) is 3.91. The van der Waals surface area contributed by atoms with Crippen molar-refractivity contribution in [2.24, 2.45) is 0 Å². The third-order valence-electron chi connectivity index (χ3n) is 4.44. The summed E-state index contributed by atoms with van der Waals surface area (Å²) < 4.78 is 5.88. The molecule has 0 spiro atoms. The molecule has 2 aromatic rings. The molecule has 1 saturated heterocycles. The molecule has 2 atom stereocenters. The molecule has 23 heavy (non-hydrogen) atoms. The molecule has 0 bridgehead atoms. The summed E-state index contributed by atoms with van der Waals surface area (Å²) in [7, 11) is 0. The summed E-state index contributed by atoms with van der Waals surface area (Å²) in [5, 5.41) is 5.95. The van der Waals surface area contributed by atoms with Crippen LogP contribution in [0.2, 0.25) is 0 Å². The Morgan fingerprint density at radius 3 is 3.17 bits per heavy atom. The zero-order valence-corrected chi connectivity index (χ0v) is 13.6. The number of para-hydroxylation sites is 1. The van der Waals surface area contributed by atoms with E-state index in [0.29, 0.717) is 6.54 Å². The van der Waals surface area contributed by atoms with Crippen molar-refractivity contribution in [3.8, 4) is 5.75 Å². The van der Waals surface area contributed by atoms with Gasteiger partial charge in [0, 0.05) is 24.5 Å². The number of benzene rings is 1. The zero-order valence-electron chi connectivity index (χ0n) is 12.8. The van der Waals surface area contributed by atoms with Crippen LogP contribution < -0.4 is 15.0 Å². The molecule has 0 radical (unpaired) electrons. The van der Waals surface area contributed by atoms with Crippen LogP contribution in [0, 0.1) is 0 Å². The minimum absolute atomic E-state index is 0.0334. The van der Waals surface area contributed by atoms with E-state index in [4.69, 9.17) is 4.74 Å². The smallest absolute Gasteiger partial charge is 0.242 e. The molecule has 3 heterocycles. The number of nitrogens with one attached hydrogen (secondary N) is 1. The highest BCUT2D eigenvalue weighted by molar-refractivity contribution is 7.13. The molecule has 0 aliphatic carbocycles. The maximum atomic E-state index is 12.5. The minimum atomic E-state index is -0.107. The second kappa shape index (κ2) is 6.20. The molecule has 1 aromatic carbocycles. The van der Waals surface area contributed by atoms with Gasteiger partial charge in [0.1, 0.15) is 17.9 Å². The van der Waals surface area contributed by atoms with Crippen molar-refractivity contribution in [1.29, 1.82) is 0 Å². The summed E-state index contributed by atoms with van der Waals surface area (Å²) in [6, 6.07) is 7.96. The van der Waals surface area contributed by atoms with Crippen molar-refractivity contribution >= 4 is 22.4 Å². The molecule has 4 rings (SSSR count). The van der Waals surface area contributed by atoms with Crippen molar-refractivity contribution < 1.29 is 9.53 Å². The number of nitrogens with zero attached hydrogens (tertiary/aromatic N) is 2. The first-order valence-electron chi connectivity index (χ1n) is 7.99. The van der Waals surface area contributed by atoms with Crippen molar-refractivity contribution in [1.82, 2.24) is 10.3 Å². The Hall–Kier alpha value is -2.08. The number of carbonyl (C=O) groups excluding carboxylic acids is 1. The van der Waals surface area contributed by atoms with Crippen LogP contribution in [0.5, 0.6) is 5.75 Å². The van der Waals surface area contributed by atoms with Crippen LogP contribution in [0.15, 0.2) is 35.8 Å². The quantitative estimate of drug-likeness (QED) is 0.935. The van der Waals surface area contributed by atoms with Crippen molar-refractivity contribution in [2.45, 2.75) is 31.4 Å². The number of amides is 1. The van der Waals surface area contributed by atoms with Crippen molar-refractivity contribution in [3.05, 3.63) is 41.4 Å². The van der Waals surface area contributed by atoms with Crippen molar-refractivity contribution in [3.63, 3.8) is 0 Å². The Bertz CT molecular complexity index is 664. The third kappa shape index (κ3) is 2.91. The predicted octanol–water partition coefficient (Wildman–Crippen LogP) is 2.23. The molecule has 120 valence electrons. The molecule has 2 aliphatic rings. The molecular formula is C17H19N3O2S. The van der Waals surface area contributed by atoms with Crippen LogP contribution in [0.25, 0.3) is 0 Å². The fourth-order valence-electron chi connectivity index (χ4n) is 3.33. The lowest BCUT2D eigenvalue weighted by Crippen LogP contribution is -2.46. The first kappa shape index (κ1) is 14.5. The van der Waals surface area contributed by atoms with Gasteiger partial charge in [-0.25, -0.2) is 4.98 Å². The Morgan fingerprint density at radius 1 is 1.43 bits per heavy atom. The van der Waals surface area contributed by atoms with Crippen LogP contribution in [0.3, 0.4) is 0 Å². The number of hydrogen-bond donors (Lipinski definition) is 1. The fourth-order valence-corrected chi connectivity index (χ4v) is 4.05. The molecule has 1 amide bonds. The molecule has 2 aliphatic heterocycles. The fraction of sp³-hybridized carbons (Fsp3) is 0.412. The second-order valence-electron chi connectivity index (χ2n) is 5.96. The largest absolute Gasteiger partial charge is 0.488 e. The van der Waals surface area contributed by atoms with Crippen LogP contribution in [-0.2, 0) is 11.2 Å². The number of fused-ring (bicyclic) bond motifs is 1. The van der Waals surface area contributed by atoms with Gasteiger partial charge in [-0.15, -0.1) is 11.3 Å². The average Bonchev–Trinajstić information content (AvgIpc) is 3.31. The lowest BCUT2D eigenvalue weighted by molar-refractivity contribution is -0.122. The highest BCUT2D eigenvalue weighted by Crippen LogP contribution is 2.29. The first-order valence-corrected chi connectivity index (χ1v) is 8.87. The SMILES string of the molecule is O=C(NC[C@@H]1Cc2ccccc2O1)[C@H]1CCCN1c1nccs1. The molecule has 1 N–H and O–H groups in total. The van der Waals surface area contributed by atoms with E-state index in [9.17, 15) is 4.79 Å². The van der Waals surface area contributed by atoms with E-state index in [1.54, 1.807) is 17.5 Å². The molecule has 5 nitrogen and oxygen atoms in total. The maximum absolute atomic E-state index is 12.5. The van der Waals surface area contributed by atoms with Gasteiger partial charge in [-0.05, 0) is 24.5 Å². The number of ether oxygens (including phenoxy) is 1. The summed E-state index contributed by atoms with van der Waals surface area (Å²) in [5.74, 6) is 1.02. The summed E-state index contributed by atoms with van der Waals surface area (Å²) in [6.45, 7) is 1.45. The van der Waals surface area contributed by atoms with Gasteiger partial charge in [-0.3, -0.25) is 4.79 Å². The van der Waals surface area contributed by atoms with E-state index < -0.39 is 0 Å². The van der Waals surface area contributed by atoms with Crippen LogP contribution in [-0.4, -0.2) is 36.1 Å². The topological polar surface area (TPSA) is 54.5 Å². The van der Waals surface area contributed by atoms with Crippen LogP contribution >= 0.6 is 11.3 Å². The number of rotatable bonds is 4. The second-order valence-corrected chi connectivity index (χ2v) is 6.84. The molecule has 1 aromatic heterocycles. The Morgan fingerprint density at radius 2 is 2.35 bits per heavy atom. The summed E-state index contributed by atoms with van der Waals surface area (Å²) in [4.78, 5) is 19.0. The van der Waals surface area contributed by atoms with E-state index in [0.717, 1.165) is 36.7 Å². The van der Waals surface area contributed by atoms with E-state index in [1.807, 2.05) is 23.6 Å². The first-order chi connectivity index (χ1) is 11.3. The highest BCUT2D eigenvalue weighted by atomic mass is 32.1. The summed E-state index contributed by atoms with van der Waals surface area (Å²) in [5.41, 5.74) is 1.22. The van der Waals surface area contributed by atoms with Gasteiger partial charge in [-0.2, -0.15) is 0 Å². The Labute approximate surface area is 139 Å². The van der Waals surface area contributed by atoms with E-state index in [-0.39, 0.29) is 18.1 Å². The third-order valence-corrected chi connectivity index (χ3v) is 5.25. The van der Waals surface area contributed by atoms with Crippen molar-refractivity contribution in [2.75, 3.05) is 18.0 Å². The van der Waals surface area contributed by atoms with Crippen LogP contribution in [0.1, 0.15) is 18.4 Å². The predicted molar refractivity (Wildman–Crippen MR) is 90.1 cm³/mol. The average molecular weight is 329 g/mol. The molecule has 0 unspecified atom stereocenters. The monoisotopic (exact) mass is 329 g/mol. The van der Waals surface area contributed by atoms with Gasteiger partial charge >= 0.3 is 0 Å². The maximum Gasteiger partial charge on any atom is 0.242 e. The molecule has 0 saturated carbocycles. The number of aromatic nitrogens is 1. The van der Waals surface area contributed by atoms with Gasteiger partial charge in [0.05, 0.1) is 6.54 Å².